The molecular weight excluding hydrogens is 494 g/mol. The third-order valence-corrected chi connectivity index (χ3v) is 6.25. The van der Waals surface area contributed by atoms with E-state index >= 15 is 0 Å². The van der Waals surface area contributed by atoms with Gasteiger partial charge >= 0.3 is 0 Å². The molecule has 5 rings (SSSR count). The Balaban J connectivity index is 1.37. The van der Waals surface area contributed by atoms with Crippen molar-refractivity contribution in [1.29, 1.82) is 0 Å². The normalized spacial score (nSPS) is 10.8. The number of hydrogen-bond acceptors (Lipinski definition) is 7. The highest BCUT2D eigenvalue weighted by atomic mass is 16.3. The van der Waals surface area contributed by atoms with E-state index in [1.807, 2.05) is 24.3 Å². The van der Waals surface area contributed by atoms with Crippen LogP contribution in [-0.2, 0) is 13.1 Å². The molecule has 3 aromatic carbocycles. The van der Waals surface area contributed by atoms with Gasteiger partial charge in [0.1, 0.15) is 11.5 Å². The van der Waals surface area contributed by atoms with E-state index in [9.17, 15) is 19.8 Å². The maximum Gasteiger partial charge on any atom is 0.262 e. The SMILES string of the molecule is CN(Cc1ccc2nccnc2c1)C(=O)c1ccc(N(Cc2cccnc2)C(=O)c2ccc(O)cc2O)cc1. The van der Waals surface area contributed by atoms with Gasteiger partial charge in [-0.1, -0.05) is 12.1 Å². The van der Waals surface area contributed by atoms with Crippen LogP contribution in [0.2, 0.25) is 0 Å². The fraction of sp³-hybridized carbons (Fsp3) is 0.100. The van der Waals surface area contributed by atoms with Crippen molar-refractivity contribution in [3.63, 3.8) is 0 Å². The molecule has 0 radical (unpaired) electrons. The van der Waals surface area contributed by atoms with Gasteiger partial charge in [-0.2, -0.15) is 0 Å². The number of aromatic nitrogens is 3. The third kappa shape index (κ3) is 5.67. The zero-order chi connectivity index (χ0) is 27.4. The van der Waals surface area contributed by atoms with E-state index < -0.39 is 5.91 Å². The van der Waals surface area contributed by atoms with Gasteiger partial charge in [0.05, 0.1) is 23.1 Å². The first-order chi connectivity index (χ1) is 18.9. The lowest BCUT2D eigenvalue weighted by atomic mass is 10.1. The number of pyridine rings is 1. The first kappa shape index (κ1) is 25.3. The number of aromatic hydroxyl groups is 2. The lowest BCUT2D eigenvalue weighted by Crippen LogP contribution is -2.31. The minimum atomic E-state index is -0.466. The molecule has 0 aliphatic carbocycles. The number of carbonyl (C=O) groups excluding carboxylic acids is 2. The molecule has 0 unspecified atom stereocenters. The third-order valence-electron chi connectivity index (χ3n) is 6.25. The molecule has 0 atom stereocenters. The van der Waals surface area contributed by atoms with Crippen LogP contribution < -0.4 is 4.90 Å². The van der Waals surface area contributed by atoms with Gasteiger partial charge in [0.15, 0.2) is 0 Å². The largest absolute Gasteiger partial charge is 0.508 e. The second kappa shape index (κ2) is 11.0. The molecular formula is C30H25N5O4. The summed E-state index contributed by atoms with van der Waals surface area (Å²) in [6.45, 7) is 0.573. The average Bonchev–Trinajstić information content (AvgIpc) is 2.96. The van der Waals surface area contributed by atoms with Gasteiger partial charge in [-0.3, -0.25) is 24.5 Å². The molecule has 0 saturated heterocycles. The molecule has 5 aromatic rings. The molecule has 0 aliphatic heterocycles. The van der Waals surface area contributed by atoms with E-state index in [0.717, 1.165) is 28.2 Å². The highest BCUT2D eigenvalue weighted by Gasteiger charge is 2.22. The van der Waals surface area contributed by atoms with E-state index in [4.69, 9.17) is 0 Å². The predicted molar refractivity (Wildman–Crippen MR) is 146 cm³/mol. The summed E-state index contributed by atoms with van der Waals surface area (Å²) < 4.78 is 0. The number of nitrogens with zero attached hydrogens (tertiary/aromatic N) is 5. The quantitative estimate of drug-likeness (QED) is 0.324. The molecule has 0 spiro atoms. The minimum Gasteiger partial charge on any atom is -0.508 e. The van der Waals surface area contributed by atoms with Crippen LogP contribution in [0.3, 0.4) is 0 Å². The van der Waals surface area contributed by atoms with Crippen molar-refractivity contribution in [3.05, 3.63) is 120 Å². The molecule has 2 amide bonds. The van der Waals surface area contributed by atoms with Gasteiger partial charge in [-0.05, 0) is 65.7 Å². The lowest BCUT2D eigenvalue weighted by molar-refractivity contribution is 0.0785. The smallest absolute Gasteiger partial charge is 0.262 e. The van der Waals surface area contributed by atoms with Crippen molar-refractivity contribution in [2.24, 2.45) is 0 Å². The van der Waals surface area contributed by atoms with Gasteiger partial charge < -0.3 is 20.0 Å². The van der Waals surface area contributed by atoms with Gasteiger partial charge in [0, 0.05) is 55.7 Å². The number of fused-ring (bicyclic) bond motifs is 1. The molecule has 2 heterocycles. The summed E-state index contributed by atoms with van der Waals surface area (Å²) in [4.78, 5) is 42.5. The molecule has 0 aliphatic rings. The van der Waals surface area contributed by atoms with Crippen molar-refractivity contribution < 1.29 is 19.8 Å². The summed E-state index contributed by atoms with van der Waals surface area (Å²) in [5.74, 6) is -1.12. The van der Waals surface area contributed by atoms with Crippen LogP contribution in [0.4, 0.5) is 5.69 Å². The van der Waals surface area contributed by atoms with E-state index in [1.165, 1.54) is 17.0 Å². The van der Waals surface area contributed by atoms with Crippen LogP contribution in [0.1, 0.15) is 31.8 Å². The Labute approximate surface area is 224 Å². The van der Waals surface area contributed by atoms with Crippen molar-refractivity contribution in [2.75, 3.05) is 11.9 Å². The van der Waals surface area contributed by atoms with Crippen LogP contribution >= 0.6 is 0 Å². The summed E-state index contributed by atoms with van der Waals surface area (Å²) in [7, 11) is 1.73. The van der Waals surface area contributed by atoms with Crippen LogP contribution in [-0.4, -0.2) is 48.9 Å². The summed E-state index contributed by atoms with van der Waals surface area (Å²) in [5, 5.41) is 19.9. The molecule has 0 bridgehead atoms. The van der Waals surface area contributed by atoms with Crippen molar-refractivity contribution in [3.8, 4) is 11.5 Å². The van der Waals surface area contributed by atoms with Crippen molar-refractivity contribution in [1.82, 2.24) is 19.9 Å². The summed E-state index contributed by atoms with van der Waals surface area (Å²) in [5.41, 5.74) is 4.29. The van der Waals surface area contributed by atoms with Crippen LogP contribution in [0.25, 0.3) is 11.0 Å². The van der Waals surface area contributed by atoms with Crippen LogP contribution in [0.5, 0.6) is 11.5 Å². The van der Waals surface area contributed by atoms with Gasteiger partial charge in [-0.25, -0.2) is 0 Å². The van der Waals surface area contributed by atoms with Gasteiger partial charge in [-0.15, -0.1) is 0 Å². The van der Waals surface area contributed by atoms with E-state index in [2.05, 4.69) is 15.0 Å². The molecule has 9 heteroatoms. The Bertz CT molecular complexity index is 1640. The molecule has 2 aromatic heterocycles. The number of benzene rings is 3. The molecule has 194 valence electrons. The number of carbonyl (C=O) groups is 2. The van der Waals surface area contributed by atoms with Crippen LogP contribution in [0, 0.1) is 0 Å². The Morgan fingerprint density at radius 1 is 0.769 bits per heavy atom. The standard InChI is InChI=1S/C30H25N5O4/c1-34(18-20-4-11-26-27(15-20)33-14-13-32-26)29(38)22-5-7-23(8-6-22)35(19-21-3-2-12-31-17-21)30(39)25-10-9-24(36)16-28(25)37/h2-17,36-37H,18-19H2,1H3. The molecule has 0 saturated carbocycles. The maximum atomic E-state index is 13.5. The minimum absolute atomic E-state index is 0.0386. The molecule has 2 N–H and O–H groups in total. The first-order valence-corrected chi connectivity index (χ1v) is 12.2. The Morgan fingerprint density at radius 2 is 1.54 bits per heavy atom. The highest BCUT2D eigenvalue weighted by molar-refractivity contribution is 6.08. The molecule has 39 heavy (non-hydrogen) atoms. The monoisotopic (exact) mass is 519 g/mol. The summed E-state index contributed by atoms with van der Waals surface area (Å²) >= 11 is 0. The zero-order valence-electron chi connectivity index (χ0n) is 21.1. The van der Waals surface area contributed by atoms with Crippen molar-refractivity contribution >= 4 is 28.5 Å². The topological polar surface area (TPSA) is 120 Å². The van der Waals surface area contributed by atoms with Crippen molar-refractivity contribution in [2.45, 2.75) is 13.1 Å². The van der Waals surface area contributed by atoms with E-state index in [0.29, 0.717) is 17.8 Å². The van der Waals surface area contributed by atoms with Gasteiger partial charge in [0.2, 0.25) is 0 Å². The Hall–Kier alpha value is -5.31. The lowest BCUT2D eigenvalue weighted by Gasteiger charge is -2.24. The second-order valence-corrected chi connectivity index (χ2v) is 9.04. The fourth-order valence-corrected chi connectivity index (χ4v) is 4.26. The fourth-order valence-electron chi connectivity index (χ4n) is 4.26. The number of phenols is 2. The predicted octanol–water partition coefficient (Wildman–Crippen LogP) is 4.56. The number of anilines is 1. The first-order valence-electron chi connectivity index (χ1n) is 12.2. The highest BCUT2D eigenvalue weighted by Crippen LogP contribution is 2.28. The second-order valence-electron chi connectivity index (χ2n) is 9.04. The zero-order valence-corrected chi connectivity index (χ0v) is 21.1. The van der Waals surface area contributed by atoms with Crippen LogP contribution in [0.15, 0.2) is 97.6 Å². The number of rotatable bonds is 7. The Kier molecular flexibility index (Phi) is 7.13. The van der Waals surface area contributed by atoms with E-state index in [-0.39, 0.29) is 29.5 Å². The summed E-state index contributed by atoms with van der Waals surface area (Å²) in [6.07, 6.45) is 6.57. The number of hydrogen-bond donors (Lipinski definition) is 2. The van der Waals surface area contributed by atoms with E-state index in [1.54, 1.807) is 67.1 Å². The molecule has 9 nitrogen and oxygen atoms in total. The number of phenolic OH excluding ortho intramolecular Hbond substituents is 2. The Morgan fingerprint density at radius 3 is 2.26 bits per heavy atom. The average molecular weight is 520 g/mol. The van der Waals surface area contributed by atoms with Gasteiger partial charge in [0.25, 0.3) is 11.8 Å². The maximum absolute atomic E-state index is 13.5. The molecule has 0 fully saturated rings. The number of amides is 2. The summed E-state index contributed by atoms with van der Waals surface area (Å²) in [6, 6.07) is 19.9.